The van der Waals surface area contributed by atoms with Gasteiger partial charge in [0.15, 0.2) is 0 Å². The molecule has 1 aliphatic rings. The second-order valence-electron chi connectivity index (χ2n) is 5.33. The van der Waals surface area contributed by atoms with E-state index in [0.29, 0.717) is 19.5 Å². The smallest absolute Gasteiger partial charge is 0.221 e. The van der Waals surface area contributed by atoms with Gasteiger partial charge in [-0.1, -0.05) is 18.2 Å². The van der Waals surface area contributed by atoms with E-state index in [-0.39, 0.29) is 17.6 Å². The molecule has 0 fully saturated rings. The molecule has 4 heteroatoms. The van der Waals surface area contributed by atoms with E-state index in [9.17, 15) is 4.79 Å². The molecule has 0 radical (unpaired) electrons. The number of para-hydroxylation sites is 1. The average Bonchev–Trinajstić information content (AvgIpc) is 2.60. The monoisotopic (exact) mass is 262 g/mol. The number of rotatable bonds is 5. The van der Waals surface area contributed by atoms with Crippen LogP contribution < -0.4 is 15.4 Å². The zero-order chi connectivity index (χ0) is 13.9. The van der Waals surface area contributed by atoms with Crippen LogP contribution in [0.1, 0.15) is 38.8 Å². The first-order chi connectivity index (χ1) is 9.04. The van der Waals surface area contributed by atoms with Gasteiger partial charge < -0.3 is 15.4 Å². The summed E-state index contributed by atoms with van der Waals surface area (Å²) in [5, 5.41) is 6.23. The van der Waals surface area contributed by atoms with Gasteiger partial charge in [-0.05, 0) is 26.8 Å². The second-order valence-corrected chi connectivity index (χ2v) is 5.33. The maximum Gasteiger partial charge on any atom is 0.221 e. The quantitative estimate of drug-likeness (QED) is 0.853. The number of hydrogen-bond donors (Lipinski definition) is 2. The highest BCUT2D eigenvalue weighted by atomic mass is 16.5. The molecule has 0 bridgehead atoms. The Labute approximate surface area is 114 Å². The maximum atomic E-state index is 11.4. The fraction of sp³-hybridized carbons (Fsp3) is 0.533. The summed E-state index contributed by atoms with van der Waals surface area (Å²) < 4.78 is 5.95. The Kier molecular flexibility index (Phi) is 4.10. The highest BCUT2D eigenvalue weighted by Gasteiger charge is 2.40. The van der Waals surface area contributed by atoms with Crippen LogP contribution in [0.15, 0.2) is 24.3 Å². The van der Waals surface area contributed by atoms with Crippen molar-refractivity contribution in [2.24, 2.45) is 0 Å². The predicted molar refractivity (Wildman–Crippen MR) is 75.2 cm³/mol. The number of amides is 1. The lowest BCUT2D eigenvalue weighted by molar-refractivity contribution is -0.120. The average molecular weight is 262 g/mol. The normalized spacial score (nSPS) is 19.6. The van der Waals surface area contributed by atoms with Gasteiger partial charge in [0.2, 0.25) is 5.91 Å². The van der Waals surface area contributed by atoms with Gasteiger partial charge in [-0.25, -0.2) is 0 Å². The van der Waals surface area contributed by atoms with Gasteiger partial charge in [-0.15, -0.1) is 0 Å². The van der Waals surface area contributed by atoms with Gasteiger partial charge in [-0.3, -0.25) is 4.79 Å². The molecule has 0 saturated carbocycles. The second kappa shape index (κ2) is 5.61. The third-order valence-electron chi connectivity index (χ3n) is 3.37. The molecule has 0 spiro atoms. The van der Waals surface area contributed by atoms with Crippen molar-refractivity contribution in [3.05, 3.63) is 29.8 Å². The molecule has 1 amide bonds. The van der Waals surface area contributed by atoms with Gasteiger partial charge in [0.05, 0.1) is 6.04 Å². The van der Waals surface area contributed by atoms with E-state index in [4.69, 9.17) is 4.74 Å². The molecule has 19 heavy (non-hydrogen) atoms. The molecule has 1 unspecified atom stereocenters. The van der Waals surface area contributed by atoms with E-state index >= 15 is 0 Å². The van der Waals surface area contributed by atoms with Crippen molar-refractivity contribution in [1.82, 2.24) is 10.6 Å². The van der Waals surface area contributed by atoms with Crippen LogP contribution in [-0.2, 0) is 4.79 Å². The van der Waals surface area contributed by atoms with Crippen molar-refractivity contribution < 1.29 is 9.53 Å². The van der Waals surface area contributed by atoms with Gasteiger partial charge in [0.1, 0.15) is 11.4 Å². The molecule has 2 N–H and O–H groups in total. The highest BCUT2D eigenvalue weighted by Crippen LogP contribution is 2.42. The molecule has 1 heterocycles. The molecule has 0 aromatic heterocycles. The van der Waals surface area contributed by atoms with Crippen LogP contribution in [0.25, 0.3) is 0 Å². The van der Waals surface area contributed by atoms with Crippen molar-refractivity contribution in [3.8, 4) is 5.75 Å². The molecular weight excluding hydrogens is 240 g/mol. The summed E-state index contributed by atoms with van der Waals surface area (Å²) in [6, 6.07) is 8.18. The fourth-order valence-corrected chi connectivity index (χ4v) is 2.50. The van der Waals surface area contributed by atoms with Crippen LogP contribution in [0.5, 0.6) is 5.75 Å². The predicted octanol–water partition coefficient (Wildman–Crippen LogP) is 2.01. The van der Waals surface area contributed by atoms with Gasteiger partial charge in [0.25, 0.3) is 0 Å². The molecule has 1 aromatic rings. The number of carbonyl (C=O) groups is 1. The van der Waals surface area contributed by atoms with Crippen LogP contribution in [0, 0.1) is 0 Å². The zero-order valence-electron chi connectivity index (χ0n) is 11.8. The Balaban J connectivity index is 1.97. The van der Waals surface area contributed by atoms with Crippen LogP contribution in [-0.4, -0.2) is 24.6 Å². The Hall–Kier alpha value is -1.55. The van der Waals surface area contributed by atoms with Crippen molar-refractivity contribution in [2.75, 3.05) is 13.1 Å². The molecule has 0 saturated heterocycles. The number of hydrogen-bond acceptors (Lipinski definition) is 3. The van der Waals surface area contributed by atoms with Crippen molar-refractivity contribution in [2.45, 2.75) is 38.8 Å². The van der Waals surface area contributed by atoms with Crippen molar-refractivity contribution in [1.29, 1.82) is 0 Å². The third kappa shape index (κ3) is 3.07. The minimum Gasteiger partial charge on any atom is -0.486 e. The molecule has 1 aliphatic heterocycles. The zero-order valence-corrected chi connectivity index (χ0v) is 11.8. The van der Waals surface area contributed by atoms with E-state index in [2.05, 4.69) is 30.5 Å². The topological polar surface area (TPSA) is 50.4 Å². The highest BCUT2D eigenvalue weighted by molar-refractivity contribution is 5.75. The summed E-state index contributed by atoms with van der Waals surface area (Å²) in [6.07, 6.45) is 0.489. The fourth-order valence-electron chi connectivity index (χ4n) is 2.50. The molecular formula is C15H22N2O2. The lowest BCUT2D eigenvalue weighted by atomic mass is 9.94. The molecule has 1 atom stereocenters. The lowest BCUT2D eigenvalue weighted by Gasteiger charge is -2.27. The molecule has 1 aromatic carbocycles. The number of nitrogens with one attached hydrogen (secondary N) is 2. The molecule has 0 aliphatic carbocycles. The molecule has 104 valence electrons. The van der Waals surface area contributed by atoms with E-state index in [0.717, 1.165) is 5.75 Å². The minimum absolute atomic E-state index is 0.0833. The summed E-state index contributed by atoms with van der Waals surface area (Å²) in [7, 11) is 0. The first-order valence-corrected chi connectivity index (χ1v) is 6.82. The molecule has 4 nitrogen and oxygen atoms in total. The maximum absolute atomic E-state index is 11.4. The van der Waals surface area contributed by atoms with E-state index in [1.54, 1.807) is 0 Å². The van der Waals surface area contributed by atoms with Crippen LogP contribution in [0.4, 0.5) is 0 Å². The number of ether oxygens (including phenoxy) is 1. The summed E-state index contributed by atoms with van der Waals surface area (Å²) >= 11 is 0. The van der Waals surface area contributed by atoms with E-state index in [1.807, 2.05) is 25.1 Å². The van der Waals surface area contributed by atoms with E-state index < -0.39 is 0 Å². The van der Waals surface area contributed by atoms with Crippen molar-refractivity contribution in [3.63, 3.8) is 0 Å². The summed E-state index contributed by atoms with van der Waals surface area (Å²) in [6.45, 7) is 7.39. The SMILES string of the molecule is CCNC(=O)CCNC1c2ccccc2OC1(C)C. The Morgan fingerprint density at radius 2 is 2.11 bits per heavy atom. The Bertz CT molecular complexity index is 457. The van der Waals surface area contributed by atoms with Crippen LogP contribution >= 0.6 is 0 Å². The number of carbonyl (C=O) groups excluding carboxylic acids is 1. The van der Waals surface area contributed by atoms with Gasteiger partial charge in [-0.2, -0.15) is 0 Å². The first kappa shape index (κ1) is 13.9. The van der Waals surface area contributed by atoms with Crippen LogP contribution in [0.3, 0.4) is 0 Å². The Morgan fingerprint density at radius 1 is 1.37 bits per heavy atom. The van der Waals surface area contributed by atoms with Gasteiger partial charge >= 0.3 is 0 Å². The lowest BCUT2D eigenvalue weighted by Crippen LogP contribution is -2.40. The largest absolute Gasteiger partial charge is 0.486 e. The van der Waals surface area contributed by atoms with Crippen LogP contribution in [0.2, 0.25) is 0 Å². The minimum atomic E-state index is -0.287. The summed E-state index contributed by atoms with van der Waals surface area (Å²) in [5.41, 5.74) is 0.883. The van der Waals surface area contributed by atoms with E-state index in [1.165, 1.54) is 5.56 Å². The molecule has 2 rings (SSSR count). The number of benzene rings is 1. The summed E-state index contributed by atoms with van der Waals surface area (Å²) in [4.78, 5) is 11.4. The third-order valence-corrected chi connectivity index (χ3v) is 3.37. The standard InChI is InChI=1S/C15H22N2O2/c1-4-16-13(18)9-10-17-14-11-7-5-6-8-12(11)19-15(14,2)3/h5-8,14,17H,4,9-10H2,1-3H3,(H,16,18). The van der Waals surface area contributed by atoms with Crippen molar-refractivity contribution >= 4 is 5.91 Å². The van der Waals surface area contributed by atoms with Gasteiger partial charge in [0, 0.05) is 25.1 Å². The first-order valence-electron chi connectivity index (χ1n) is 6.82. The number of fused-ring (bicyclic) bond motifs is 1. The Morgan fingerprint density at radius 3 is 2.84 bits per heavy atom. The summed E-state index contributed by atoms with van der Waals surface area (Å²) in [5.74, 6) is 1.02.